The van der Waals surface area contributed by atoms with Crippen molar-refractivity contribution in [1.82, 2.24) is 10.2 Å². The third-order valence-electron chi connectivity index (χ3n) is 4.77. The molecule has 0 heterocycles. The van der Waals surface area contributed by atoms with Gasteiger partial charge in [0.25, 0.3) is 0 Å². The molecular formula is C24H31ClN2O2S. The Bertz CT molecular complexity index is 839. The predicted molar refractivity (Wildman–Crippen MR) is 127 cm³/mol. The zero-order valence-electron chi connectivity index (χ0n) is 18.2. The van der Waals surface area contributed by atoms with Crippen LogP contribution in [0.4, 0.5) is 0 Å². The minimum atomic E-state index is -0.543. The van der Waals surface area contributed by atoms with E-state index in [1.807, 2.05) is 69.3 Å². The third kappa shape index (κ3) is 7.69. The number of carbonyl (C=O) groups excluding carboxylic acids is 2. The second-order valence-corrected chi connectivity index (χ2v) is 9.30. The van der Waals surface area contributed by atoms with E-state index in [0.717, 1.165) is 16.7 Å². The van der Waals surface area contributed by atoms with Crippen LogP contribution >= 0.6 is 23.4 Å². The quantitative estimate of drug-likeness (QED) is 0.554. The highest BCUT2D eigenvalue weighted by Gasteiger charge is 2.26. The second kappa shape index (κ2) is 12.0. The van der Waals surface area contributed by atoms with Crippen molar-refractivity contribution in [3.05, 3.63) is 70.2 Å². The normalized spacial score (nSPS) is 11.9. The molecule has 1 atom stereocenters. The number of thioether (sulfide) groups is 1. The Balaban J connectivity index is 2.06. The smallest absolute Gasteiger partial charge is 0.242 e. The van der Waals surface area contributed by atoms with E-state index in [0.29, 0.717) is 35.5 Å². The monoisotopic (exact) mass is 446 g/mol. The Hall–Kier alpha value is -1.98. The van der Waals surface area contributed by atoms with E-state index in [2.05, 4.69) is 5.32 Å². The van der Waals surface area contributed by atoms with Crippen molar-refractivity contribution in [3.63, 3.8) is 0 Å². The first-order valence-electron chi connectivity index (χ1n) is 10.2. The number of carbonyl (C=O) groups is 2. The predicted octanol–water partition coefficient (Wildman–Crippen LogP) is 5.07. The van der Waals surface area contributed by atoms with Gasteiger partial charge in [0.15, 0.2) is 0 Å². The van der Waals surface area contributed by atoms with E-state index in [-0.39, 0.29) is 11.8 Å². The van der Waals surface area contributed by atoms with Gasteiger partial charge in [-0.15, -0.1) is 11.8 Å². The molecule has 0 unspecified atom stereocenters. The van der Waals surface area contributed by atoms with Crippen LogP contribution in [-0.4, -0.2) is 35.1 Å². The van der Waals surface area contributed by atoms with Crippen LogP contribution in [0.5, 0.6) is 0 Å². The molecular weight excluding hydrogens is 416 g/mol. The molecule has 6 heteroatoms. The van der Waals surface area contributed by atoms with E-state index in [1.54, 1.807) is 11.8 Å². The lowest BCUT2D eigenvalue weighted by Crippen LogP contribution is -2.48. The molecule has 0 fully saturated rings. The molecule has 2 aromatic carbocycles. The van der Waals surface area contributed by atoms with Crippen molar-refractivity contribution in [3.8, 4) is 0 Å². The molecule has 0 saturated carbocycles. The summed E-state index contributed by atoms with van der Waals surface area (Å²) >= 11 is 7.72. The first-order valence-corrected chi connectivity index (χ1v) is 11.7. The standard InChI is InChI=1S/C24H31ClN2O2S/c1-17(2)13-26-24(29)19(4)27(14-20-11-9-18(3)10-12-20)23(28)16-30-15-21-7-5-6-8-22(21)25/h5-12,17,19H,13-16H2,1-4H3,(H,26,29)/t19-/m1/s1. The van der Waals surface area contributed by atoms with Gasteiger partial charge in [0, 0.05) is 23.9 Å². The fourth-order valence-electron chi connectivity index (χ4n) is 2.87. The Morgan fingerprint density at radius 3 is 2.37 bits per heavy atom. The van der Waals surface area contributed by atoms with Crippen molar-refractivity contribution < 1.29 is 9.59 Å². The van der Waals surface area contributed by atoms with Crippen LogP contribution in [-0.2, 0) is 21.9 Å². The van der Waals surface area contributed by atoms with Crippen LogP contribution in [0.15, 0.2) is 48.5 Å². The lowest BCUT2D eigenvalue weighted by molar-refractivity contribution is -0.138. The number of aryl methyl sites for hydroxylation is 1. The molecule has 0 spiro atoms. The van der Waals surface area contributed by atoms with Crippen LogP contribution in [0.2, 0.25) is 5.02 Å². The molecule has 2 rings (SSSR count). The van der Waals surface area contributed by atoms with Gasteiger partial charge in [0.05, 0.1) is 5.75 Å². The molecule has 1 N–H and O–H groups in total. The fraction of sp³-hybridized carbons (Fsp3) is 0.417. The molecule has 2 amide bonds. The minimum Gasteiger partial charge on any atom is -0.354 e. The molecule has 30 heavy (non-hydrogen) atoms. The Labute approximate surface area is 189 Å². The van der Waals surface area contributed by atoms with Crippen LogP contribution in [0.1, 0.15) is 37.5 Å². The van der Waals surface area contributed by atoms with Crippen molar-refractivity contribution in [2.75, 3.05) is 12.3 Å². The molecule has 0 saturated heterocycles. The maximum atomic E-state index is 13.1. The average molecular weight is 447 g/mol. The summed E-state index contributed by atoms with van der Waals surface area (Å²) < 4.78 is 0. The summed E-state index contributed by atoms with van der Waals surface area (Å²) in [5.74, 6) is 1.12. The molecule has 0 aliphatic carbocycles. The van der Waals surface area contributed by atoms with E-state index in [1.165, 1.54) is 11.8 Å². The van der Waals surface area contributed by atoms with Crippen LogP contribution in [0.25, 0.3) is 0 Å². The summed E-state index contributed by atoms with van der Waals surface area (Å²) in [7, 11) is 0. The Morgan fingerprint density at radius 1 is 1.07 bits per heavy atom. The molecule has 0 aromatic heterocycles. The highest BCUT2D eigenvalue weighted by Crippen LogP contribution is 2.21. The molecule has 0 bridgehead atoms. The summed E-state index contributed by atoms with van der Waals surface area (Å²) in [6.45, 7) is 8.91. The van der Waals surface area contributed by atoms with E-state index < -0.39 is 6.04 Å². The zero-order valence-corrected chi connectivity index (χ0v) is 19.7. The fourth-order valence-corrected chi connectivity index (χ4v) is 4.07. The molecule has 162 valence electrons. The van der Waals surface area contributed by atoms with Crippen LogP contribution in [0.3, 0.4) is 0 Å². The Morgan fingerprint density at radius 2 is 1.73 bits per heavy atom. The van der Waals surface area contributed by atoms with Gasteiger partial charge < -0.3 is 10.2 Å². The summed E-state index contributed by atoms with van der Waals surface area (Å²) in [5, 5.41) is 3.65. The topological polar surface area (TPSA) is 49.4 Å². The number of amides is 2. The van der Waals surface area contributed by atoms with Gasteiger partial charge in [-0.1, -0.05) is 73.5 Å². The summed E-state index contributed by atoms with van der Waals surface area (Å²) in [6, 6.07) is 15.2. The molecule has 2 aromatic rings. The lowest BCUT2D eigenvalue weighted by atomic mass is 10.1. The number of benzene rings is 2. The summed E-state index contributed by atoms with van der Waals surface area (Å²) in [4.78, 5) is 27.4. The molecule has 0 aliphatic rings. The number of hydrogen-bond acceptors (Lipinski definition) is 3. The van der Waals surface area contributed by atoms with Gasteiger partial charge in [-0.3, -0.25) is 9.59 Å². The number of nitrogens with zero attached hydrogens (tertiary/aromatic N) is 1. The van der Waals surface area contributed by atoms with Gasteiger partial charge in [0.1, 0.15) is 6.04 Å². The summed E-state index contributed by atoms with van der Waals surface area (Å²) in [5.41, 5.74) is 3.17. The van der Waals surface area contributed by atoms with Gasteiger partial charge in [-0.05, 0) is 37.0 Å². The summed E-state index contributed by atoms with van der Waals surface area (Å²) in [6.07, 6.45) is 0. The molecule has 0 aliphatic heterocycles. The first kappa shape index (κ1) is 24.3. The van der Waals surface area contributed by atoms with E-state index in [9.17, 15) is 9.59 Å². The van der Waals surface area contributed by atoms with Gasteiger partial charge in [0.2, 0.25) is 11.8 Å². The van der Waals surface area contributed by atoms with Crippen molar-refractivity contribution in [2.24, 2.45) is 5.92 Å². The third-order valence-corrected chi connectivity index (χ3v) is 6.10. The largest absolute Gasteiger partial charge is 0.354 e. The van der Waals surface area contributed by atoms with Gasteiger partial charge >= 0.3 is 0 Å². The van der Waals surface area contributed by atoms with E-state index >= 15 is 0 Å². The van der Waals surface area contributed by atoms with Crippen molar-refractivity contribution in [1.29, 1.82) is 0 Å². The number of rotatable bonds is 10. The lowest BCUT2D eigenvalue weighted by Gasteiger charge is -2.29. The van der Waals surface area contributed by atoms with Crippen LogP contribution in [0, 0.1) is 12.8 Å². The van der Waals surface area contributed by atoms with Gasteiger partial charge in [-0.2, -0.15) is 0 Å². The number of hydrogen-bond donors (Lipinski definition) is 1. The highest BCUT2D eigenvalue weighted by atomic mass is 35.5. The number of halogens is 1. The first-order chi connectivity index (χ1) is 14.3. The highest BCUT2D eigenvalue weighted by molar-refractivity contribution is 7.99. The molecule has 4 nitrogen and oxygen atoms in total. The number of nitrogens with one attached hydrogen (secondary N) is 1. The SMILES string of the molecule is Cc1ccc(CN(C(=O)CSCc2ccccc2Cl)[C@H](C)C(=O)NCC(C)C)cc1. The van der Waals surface area contributed by atoms with Gasteiger partial charge in [-0.25, -0.2) is 0 Å². The van der Waals surface area contributed by atoms with Crippen molar-refractivity contribution >= 4 is 35.2 Å². The molecule has 0 radical (unpaired) electrons. The van der Waals surface area contributed by atoms with E-state index in [4.69, 9.17) is 11.6 Å². The Kier molecular flexibility index (Phi) is 9.73. The minimum absolute atomic E-state index is 0.0557. The van der Waals surface area contributed by atoms with Crippen molar-refractivity contribution in [2.45, 2.75) is 46.0 Å². The second-order valence-electron chi connectivity index (χ2n) is 7.91. The van der Waals surface area contributed by atoms with Crippen LogP contribution < -0.4 is 5.32 Å². The maximum Gasteiger partial charge on any atom is 0.242 e. The maximum absolute atomic E-state index is 13.1. The average Bonchev–Trinajstić information content (AvgIpc) is 2.72. The zero-order chi connectivity index (χ0) is 22.1.